The zero-order chi connectivity index (χ0) is 16.7. The zero-order valence-corrected chi connectivity index (χ0v) is 13.5. The minimum atomic E-state index is -0.501. The summed E-state index contributed by atoms with van der Waals surface area (Å²) in [6.45, 7) is 0. The fraction of sp³-hybridized carbons (Fsp3) is 0.471. The first-order valence-electron chi connectivity index (χ1n) is 8.25. The molecule has 0 aliphatic carbocycles. The number of piperidine rings is 1. The maximum Gasteiger partial charge on any atom is 0.272 e. The van der Waals surface area contributed by atoms with E-state index in [4.69, 9.17) is 4.74 Å². The van der Waals surface area contributed by atoms with Gasteiger partial charge in [-0.2, -0.15) is 5.10 Å². The Balaban J connectivity index is 1.62. The number of fused-ring (bicyclic) bond motifs is 2. The Morgan fingerprint density at radius 3 is 2.75 bits per heavy atom. The van der Waals surface area contributed by atoms with Crippen LogP contribution >= 0.6 is 0 Å². The second kappa shape index (κ2) is 5.89. The number of aromatic nitrogens is 3. The van der Waals surface area contributed by atoms with E-state index in [1.54, 1.807) is 6.07 Å². The maximum absolute atomic E-state index is 14.0. The molecule has 126 valence electrons. The van der Waals surface area contributed by atoms with Crippen molar-refractivity contribution in [1.29, 1.82) is 0 Å². The number of aromatic amines is 1. The average Bonchev–Trinajstić information content (AvgIpc) is 3.18. The van der Waals surface area contributed by atoms with Crippen LogP contribution in [-0.2, 0) is 0 Å². The molecule has 2 aliphatic heterocycles. The molecule has 1 unspecified atom stereocenters. The van der Waals surface area contributed by atoms with Crippen LogP contribution < -0.4 is 4.74 Å². The molecule has 0 saturated carbocycles. The number of nitrogens with one attached hydrogen (secondary N) is 1. The summed E-state index contributed by atoms with van der Waals surface area (Å²) < 4.78 is 19.0. The average molecular weight is 330 g/mol. The molecular weight excluding hydrogens is 311 g/mol. The van der Waals surface area contributed by atoms with E-state index in [-0.39, 0.29) is 11.5 Å². The van der Waals surface area contributed by atoms with Crippen LogP contribution in [0.3, 0.4) is 0 Å². The van der Waals surface area contributed by atoms with Crippen molar-refractivity contribution in [1.82, 2.24) is 20.1 Å². The molecule has 2 aliphatic rings. The molecule has 2 atom stereocenters. The number of hydrogen-bond acceptors (Lipinski definition) is 4. The van der Waals surface area contributed by atoms with Crippen molar-refractivity contribution in [2.24, 2.45) is 0 Å². The molecule has 4 rings (SSSR count). The van der Waals surface area contributed by atoms with Gasteiger partial charge in [-0.25, -0.2) is 9.37 Å². The Hall–Kier alpha value is -2.44. The van der Waals surface area contributed by atoms with Gasteiger partial charge in [-0.3, -0.25) is 9.89 Å². The number of nitrogens with zero attached hydrogens (tertiary/aromatic N) is 3. The van der Waals surface area contributed by atoms with Crippen LogP contribution in [0, 0.1) is 5.82 Å². The van der Waals surface area contributed by atoms with Gasteiger partial charge in [0.25, 0.3) is 5.91 Å². The summed E-state index contributed by atoms with van der Waals surface area (Å²) in [5, 5.41) is 6.88. The molecule has 2 saturated heterocycles. The van der Waals surface area contributed by atoms with Gasteiger partial charge in [-0.15, -0.1) is 0 Å². The monoisotopic (exact) mass is 330 g/mol. The van der Waals surface area contributed by atoms with E-state index in [0.717, 1.165) is 31.9 Å². The maximum atomic E-state index is 14.0. The Morgan fingerprint density at radius 1 is 1.29 bits per heavy atom. The molecular formula is C17H19FN4O2. The summed E-state index contributed by atoms with van der Waals surface area (Å²) in [7, 11) is 1.47. The van der Waals surface area contributed by atoms with Crippen LogP contribution in [0.1, 0.15) is 42.6 Å². The highest BCUT2D eigenvalue weighted by Crippen LogP contribution is 2.36. The summed E-state index contributed by atoms with van der Waals surface area (Å²) in [5.74, 6) is -0.238. The summed E-state index contributed by atoms with van der Waals surface area (Å²) in [6.07, 6.45) is 6.57. The minimum absolute atomic E-state index is 0.0395. The summed E-state index contributed by atoms with van der Waals surface area (Å²) in [5.41, 5.74) is 1.04. The molecule has 2 fully saturated rings. The number of hydrogen-bond donors (Lipinski definition) is 1. The zero-order valence-electron chi connectivity index (χ0n) is 13.5. The summed E-state index contributed by atoms with van der Waals surface area (Å²) >= 11 is 0. The van der Waals surface area contributed by atoms with Gasteiger partial charge in [0.15, 0.2) is 5.82 Å². The fourth-order valence-corrected chi connectivity index (χ4v) is 3.88. The van der Waals surface area contributed by atoms with Crippen LogP contribution in [0.15, 0.2) is 18.3 Å². The number of carbonyl (C=O) groups is 1. The third kappa shape index (κ3) is 2.44. The molecule has 2 aromatic heterocycles. The predicted molar refractivity (Wildman–Crippen MR) is 85.2 cm³/mol. The third-order valence-electron chi connectivity index (χ3n) is 5.05. The first-order chi connectivity index (χ1) is 11.7. The molecule has 7 heteroatoms. The van der Waals surface area contributed by atoms with Crippen LogP contribution in [0.2, 0.25) is 0 Å². The number of methoxy groups -OCH3 is 1. The van der Waals surface area contributed by atoms with Crippen LogP contribution in [0.5, 0.6) is 5.88 Å². The predicted octanol–water partition coefficient (Wildman–Crippen LogP) is 2.78. The van der Waals surface area contributed by atoms with Crippen molar-refractivity contribution in [2.75, 3.05) is 7.11 Å². The van der Waals surface area contributed by atoms with Gasteiger partial charge in [0.05, 0.1) is 19.0 Å². The molecule has 0 spiro atoms. The van der Waals surface area contributed by atoms with Crippen LogP contribution in [0.25, 0.3) is 11.3 Å². The van der Waals surface area contributed by atoms with E-state index in [0.29, 0.717) is 29.4 Å². The van der Waals surface area contributed by atoms with Crippen LogP contribution in [-0.4, -0.2) is 45.2 Å². The topological polar surface area (TPSA) is 71.1 Å². The van der Waals surface area contributed by atoms with E-state index in [9.17, 15) is 9.18 Å². The lowest BCUT2D eigenvalue weighted by atomic mass is 10.0. The highest BCUT2D eigenvalue weighted by molar-refractivity contribution is 5.94. The molecule has 0 radical (unpaired) electrons. The second-order valence-corrected chi connectivity index (χ2v) is 6.40. The van der Waals surface area contributed by atoms with Gasteiger partial charge >= 0.3 is 0 Å². The van der Waals surface area contributed by atoms with Gasteiger partial charge in [0.1, 0.15) is 5.69 Å². The summed E-state index contributed by atoms with van der Waals surface area (Å²) in [6, 6.07) is 3.75. The highest BCUT2D eigenvalue weighted by atomic mass is 19.1. The molecule has 0 aromatic carbocycles. The number of carbonyl (C=O) groups excluding carboxylic acids is 1. The minimum Gasteiger partial charge on any atom is -0.481 e. The number of rotatable bonds is 3. The first-order valence-corrected chi connectivity index (χ1v) is 8.25. The number of pyridine rings is 1. The van der Waals surface area contributed by atoms with Crippen molar-refractivity contribution < 1.29 is 13.9 Å². The molecule has 6 nitrogen and oxygen atoms in total. The highest BCUT2D eigenvalue weighted by Gasteiger charge is 2.40. The number of amides is 1. The number of halogens is 1. The largest absolute Gasteiger partial charge is 0.481 e. The van der Waals surface area contributed by atoms with E-state index >= 15 is 0 Å². The van der Waals surface area contributed by atoms with Crippen molar-refractivity contribution in [2.45, 2.75) is 44.2 Å². The lowest BCUT2D eigenvalue weighted by Gasteiger charge is -2.34. The molecule has 2 bridgehead atoms. The Kier molecular flexibility index (Phi) is 3.70. The summed E-state index contributed by atoms with van der Waals surface area (Å²) in [4.78, 5) is 18.6. The van der Waals surface area contributed by atoms with Gasteiger partial charge in [-0.1, -0.05) is 0 Å². The van der Waals surface area contributed by atoms with Crippen LogP contribution in [0.4, 0.5) is 4.39 Å². The van der Waals surface area contributed by atoms with E-state index in [1.807, 2.05) is 4.90 Å². The smallest absolute Gasteiger partial charge is 0.272 e. The van der Waals surface area contributed by atoms with Crippen molar-refractivity contribution in [3.8, 4) is 17.1 Å². The lowest BCUT2D eigenvalue weighted by molar-refractivity contribution is 0.0589. The number of H-pyrrole nitrogens is 1. The normalized spacial score (nSPS) is 22.7. The lowest BCUT2D eigenvalue weighted by Crippen LogP contribution is -2.44. The fourth-order valence-electron chi connectivity index (χ4n) is 3.88. The third-order valence-corrected chi connectivity index (χ3v) is 5.05. The Bertz CT molecular complexity index is 760. The van der Waals surface area contributed by atoms with Gasteiger partial charge in [-0.05, 0) is 38.2 Å². The standard InChI is InChI=1S/C17H19FN4O2/c1-24-16-7-12(13(18)9-19-16)14-8-15(21-20-14)17(23)22-10-3-2-4-11(22)6-5-10/h7-11H,2-6H2,1H3,(H,20,21)/t10-,11?/m1/s1. The van der Waals surface area contributed by atoms with E-state index < -0.39 is 5.82 Å². The number of ether oxygens (including phenoxy) is 1. The van der Waals surface area contributed by atoms with Gasteiger partial charge in [0, 0.05) is 23.7 Å². The molecule has 1 amide bonds. The first kappa shape index (κ1) is 15.1. The molecule has 1 N–H and O–H groups in total. The Labute approximate surface area is 139 Å². The molecule has 24 heavy (non-hydrogen) atoms. The van der Waals surface area contributed by atoms with Gasteiger partial charge < -0.3 is 9.64 Å². The molecule has 4 heterocycles. The van der Waals surface area contributed by atoms with E-state index in [1.165, 1.54) is 19.6 Å². The van der Waals surface area contributed by atoms with Crippen molar-refractivity contribution in [3.63, 3.8) is 0 Å². The Morgan fingerprint density at radius 2 is 2.04 bits per heavy atom. The van der Waals surface area contributed by atoms with Crippen molar-refractivity contribution in [3.05, 3.63) is 29.8 Å². The molecule has 2 aromatic rings. The van der Waals surface area contributed by atoms with Gasteiger partial charge in [0.2, 0.25) is 5.88 Å². The quantitative estimate of drug-likeness (QED) is 0.939. The van der Waals surface area contributed by atoms with E-state index in [2.05, 4.69) is 15.2 Å². The van der Waals surface area contributed by atoms with Crippen molar-refractivity contribution >= 4 is 5.91 Å². The second-order valence-electron chi connectivity index (χ2n) is 6.40. The SMILES string of the molecule is COc1cc(-c2cc(C(=O)N3C4CCC[C@@H]3CC4)[nH]n2)c(F)cn1.